The molecule has 1 fully saturated rings. The van der Waals surface area contributed by atoms with E-state index in [1.165, 1.54) is 36.1 Å². The zero-order valence-electron chi connectivity index (χ0n) is 47.7. The number of alkyl halides is 2. The van der Waals surface area contributed by atoms with Crippen molar-refractivity contribution in [3.05, 3.63) is 165 Å². The molecule has 6 N–H and O–H groups in total. The first-order chi connectivity index (χ1) is 44.1. The van der Waals surface area contributed by atoms with E-state index < -0.39 is 24.8 Å². The maximum absolute atomic E-state index is 12.8. The van der Waals surface area contributed by atoms with Gasteiger partial charge >= 0.3 is 0 Å². The third-order valence-electron chi connectivity index (χ3n) is 13.2. The number of hydrogen-bond acceptors (Lipinski definition) is 21. The third-order valence-corrected chi connectivity index (χ3v) is 13.2. The van der Waals surface area contributed by atoms with Crippen LogP contribution in [0.3, 0.4) is 0 Å². The number of ether oxygens (including phenoxy) is 3. The fourth-order valence-corrected chi connectivity index (χ4v) is 8.58. The van der Waals surface area contributed by atoms with Gasteiger partial charge in [0.25, 0.3) is 24.1 Å². The monoisotopic (exact) mass is 1230 g/mol. The molecule has 0 atom stereocenters. The van der Waals surface area contributed by atoms with Crippen LogP contribution in [0.25, 0.3) is 68.5 Å². The molecule has 0 radical (unpaired) electrons. The highest BCUT2D eigenvalue weighted by Crippen LogP contribution is 2.35. The number of carbonyl (C=O) groups is 3. The first-order valence-electron chi connectivity index (χ1n) is 27.8. The molecule has 0 saturated heterocycles. The number of nitrogens with one attached hydrogen (secondary N) is 6. The normalized spacial score (nSPS) is 12.0. The molecule has 3 amide bonds. The molecule has 0 aliphatic heterocycles. The van der Waals surface area contributed by atoms with E-state index in [1.54, 1.807) is 92.0 Å². The van der Waals surface area contributed by atoms with Crippen molar-refractivity contribution in [3.63, 3.8) is 0 Å². The van der Waals surface area contributed by atoms with E-state index in [2.05, 4.69) is 91.7 Å². The van der Waals surface area contributed by atoms with E-state index in [4.69, 9.17) is 27.5 Å². The highest BCUT2D eigenvalue weighted by molar-refractivity contribution is 6.06. The number of carbonyl (C=O) groups excluding carboxylic acids is 3. The van der Waals surface area contributed by atoms with Gasteiger partial charge in [0.1, 0.15) is 42.5 Å². The van der Waals surface area contributed by atoms with Crippen molar-refractivity contribution in [2.75, 3.05) is 56.1 Å². The molecular formula is C58H55F2N21O9. The predicted molar refractivity (Wildman–Crippen MR) is 315 cm³/mol. The molecule has 0 bridgehead atoms. The smallest absolute Gasteiger partial charge is 0.277 e. The summed E-state index contributed by atoms with van der Waals surface area (Å²) in [7, 11) is 1.62. The van der Waals surface area contributed by atoms with E-state index in [9.17, 15) is 23.2 Å². The Bertz CT molecular complexity index is 4180. The second-order valence-corrected chi connectivity index (χ2v) is 19.4. The van der Waals surface area contributed by atoms with E-state index in [0.29, 0.717) is 112 Å². The van der Waals surface area contributed by atoms with E-state index in [0.717, 1.165) is 12.8 Å². The van der Waals surface area contributed by atoms with Gasteiger partial charge in [-0.1, -0.05) is 18.2 Å². The van der Waals surface area contributed by atoms with Gasteiger partial charge in [-0.3, -0.25) is 58.7 Å². The molecule has 1 aliphatic rings. The lowest BCUT2D eigenvalue weighted by atomic mass is 9.93. The van der Waals surface area contributed by atoms with Gasteiger partial charge in [-0.25, -0.2) is 23.7 Å². The number of pyridine rings is 3. The predicted octanol–water partition coefficient (Wildman–Crippen LogP) is 8.40. The molecule has 32 heteroatoms. The molecule has 12 aromatic heterocycles. The van der Waals surface area contributed by atoms with E-state index >= 15 is 0 Å². The van der Waals surface area contributed by atoms with Crippen LogP contribution in [0.2, 0.25) is 0 Å². The maximum atomic E-state index is 12.8. The number of hydrogen-bond donors (Lipinski definition) is 6. The highest BCUT2D eigenvalue weighted by Gasteiger charge is 2.26. The lowest BCUT2D eigenvalue weighted by molar-refractivity contribution is 0.0140. The number of oxazole rings is 3. The number of aromatic nitrogens is 18. The number of nitrogens with zero attached hydrogens (tertiary/aromatic N) is 15. The topological polar surface area (TPSA) is 371 Å². The Morgan fingerprint density at radius 2 is 0.989 bits per heavy atom. The Hall–Kier alpha value is -11.5. The second-order valence-electron chi connectivity index (χ2n) is 19.4. The maximum Gasteiger partial charge on any atom is 0.277 e. The number of aromatic amines is 3. The summed E-state index contributed by atoms with van der Waals surface area (Å²) in [6, 6.07) is 16.8. The van der Waals surface area contributed by atoms with Crippen LogP contribution in [-0.4, -0.2) is 154 Å². The van der Waals surface area contributed by atoms with Crippen LogP contribution in [0.5, 0.6) is 0 Å². The number of anilines is 3. The SMILES string of the molecule is COCCOCCn1cc(NC(=O)c2coc(-c3cn[nH]c3)n2)c(-c2ccccn2)n1.O=C(Nc1cn(C2CCC2)nc1-c1ccccn1)c1coc(-c2cn[nH]c2)n1.O=C(Nc1cn(CCOCC(F)F)nc1-c1ccccn1)c1coc(-c2cn[nH]c2)n1. The Balaban J connectivity index is 0.000000139. The average molecular weight is 1230 g/mol. The van der Waals surface area contributed by atoms with Gasteiger partial charge in [-0.15, -0.1) is 0 Å². The molecule has 1 aliphatic carbocycles. The first-order valence-corrected chi connectivity index (χ1v) is 27.8. The highest BCUT2D eigenvalue weighted by atomic mass is 19.3. The Labute approximate surface area is 507 Å². The molecule has 90 heavy (non-hydrogen) atoms. The van der Waals surface area contributed by atoms with E-state index in [-0.39, 0.29) is 42.0 Å². The lowest BCUT2D eigenvalue weighted by Gasteiger charge is -2.25. The fraction of sp³-hybridized carbons (Fsp3) is 0.224. The zero-order chi connectivity index (χ0) is 62.0. The number of amides is 3. The van der Waals surface area contributed by atoms with Crippen LogP contribution >= 0.6 is 0 Å². The van der Waals surface area contributed by atoms with Crippen molar-refractivity contribution < 1.29 is 50.6 Å². The van der Waals surface area contributed by atoms with Crippen LogP contribution in [0.4, 0.5) is 25.8 Å². The fourth-order valence-electron chi connectivity index (χ4n) is 8.58. The van der Waals surface area contributed by atoms with Crippen LogP contribution < -0.4 is 16.0 Å². The molecule has 0 unspecified atom stereocenters. The van der Waals surface area contributed by atoms with Crippen molar-refractivity contribution >= 4 is 34.8 Å². The standard InChI is InChI=1S/C20H21N7O4.C19H17F2N7O3.C19H17N7O2/c1-29-8-9-30-7-6-27-12-16(18(26-27)15-4-2-3-5-21-15)24-19(28)17-13-31-20(25-17)14-10-22-23-11-14;20-16(21)11-30-6-5-28-9-14(17(27-28)13-3-1-2-4-22-13)25-18(29)15-10-31-19(26-15)12-7-23-24-8-12;27-18(16-11-28-19(24-16)12-8-21-22-9-12)23-15-10-26(13-4-3-5-13)25-17(15)14-6-1-2-7-20-14/h2-5,10-13H,6-9H2,1H3,(H,22,23)(H,24,28);1-4,7-10,16H,5-6,11H2,(H,23,24)(H,25,29);1-2,6-11,13H,3-5H2,(H,21,22)(H,23,27). The second kappa shape index (κ2) is 29.3. The summed E-state index contributed by atoms with van der Waals surface area (Å²) in [4.78, 5) is 63.8. The number of methoxy groups -OCH3 is 1. The van der Waals surface area contributed by atoms with Gasteiger partial charge in [0.15, 0.2) is 17.1 Å². The molecule has 30 nitrogen and oxygen atoms in total. The van der Waals surface area contributed by atoms with Crippen LogP contribution in [0.1, 0.15) is 56.8 Å². The third kappa shape index (κ3) is 15.4. The summed E-state index contributed by atoms with van der Waals surface area (Å²) in [5.41, 5.74) is 7.27. The summed E-state index contributed by atoms with van der Waals surface area (Å²) in [5, 5.41) is 41.7. The van der Waals surface area contributed by atoms with Gasteiger partial charge in [0.2, 0.25) is 17.7 Å². The van der Waals surface area contributed by atoms with Crippen molar-refractivity contribution in [2.24, 2.45) is 0 Å². The molecule has 0 spiro atoms. The number of halogens is 2. The van der Waals surface area contributed by atoms with Gasteiger partial charge in [0.05, 0.1) is 115 Å². The average Bonchev–Trinajstić information content (AvgIpc) is 2.34. The number of H-pyrrole nitrogens is 3. The van der Waals surface area contributed by atoms with Crippen LogP contribution in [0.15, 0.2) is 161 Å². The van der Waals surface area contributed by atoms with Crippen LogP contribution in [-0.2, 0) is 27.3 Å². The Morgan fingerprint density at radius 1 is 0.567 bits per heavy atom. The molecule has 13 rings (SSSR count). The van der Waals surface area contributed by atoms with Crippen molar-refractivity contribution in [1.29, 1.82) is 0 Å². The van der Waals surface area contributed by atoms with Gasteiger partial charge in [0, 0.05) is 62.9 Å². The molecule has 12 heterocycles. The van der Waals surface area contributed by atoms with Crippen molar-refractivity contribution in [2.45, 2.75) is 44.8 Å². The van der Waals surface area contributed by atoms with Gasteiger partial charge in [-0.05, 0) is 55.7 Å². The van der Waals surface area contributed by atoms with Gasteiger partial charge < -0.3 is 43.4 Å². The van der Waals surface area contributed by atoms with Gasteiger partial charge in [-0.2, -0.15) is 30.6 Å². The minimum atomic E-state index is -2.54. The molecule has 12 aromatic rings. The largest absolute Gasteiger partial charge is 0.444 e. The van der Waals surface area contributed by atoms with Crippen molar-refractivity contribution in [1.82, 2.24) is 89.8 Å². The summed E-state index contributed by atoms with van der Waals surface area (Å²) in [6.07, 6.45) is 24.4. The Kier molecular flexibility index (Phi) is 19.6. The number of rotatable bonds is 24. The van der Waals surface area contributed by atoms with E-state index in [1.807, 2.05) is 47.3 Å². The minimum Gasteiger partial charge on any atom is -0.444 e. The summed E-state index contributed by atoms with van der Waals surface area (Å²) in [5.74, 6) is -0.433. The zero-order valence-corrected chi connectivity index (χ0v) is 47.7. The summed E-state index contributed by atoms with van der Waals surface area (Å²) in [6.45, 7) is 1.60. The molecule has 460 valence electrons. The summed E-state index contributed by atoms with van der Waals surface area (Å²) < 4.78 is 61.0. The van der Waals surface area contributed by atoms with Crippen LogP contribution in [0, 0.1) is 0 Å². The molecule has 1 saturated carbocycles. The molecule has 0 aromatic carbocycles. The lowest BCUT2D eigenvalue weighted by Crippen LogP contribution is -2.17. The summed E-state index contributed by atoms with van der Waals surface area (Å²) >= 11 is 0. The Morgan fingerprint density at radius 3 is 1.36 bits per heavy atom. The first kappa shape index (κ1) is 60.2. The van der Waals surface area contributed by atoms with Crippen molar-refractivity contribution in [3.8, 4) is 68.5 Å². The minimum absolute atomic E-state index is 0.0401. The molecular weight excluding hydrogens is 1170 g/mol. The quantitative estimate of drug-likeness (QED) is 0.0309.